The summed E-state index contributed by atoms with van der Waals surface area (Å²) in [5.74, 6) is 0.892. The van der Waals surface area contributed by atoms with Crippen molar-refractivity contribution in [1.29, 1.82) is 0 Å². The molecule has 2 fully saturated rings. The lowest BCUT2D eigenvalue weighted by Gasteiger charge is -2.51. The van der Waals surface area contributed by atoms with Gasteiger partial charge in [0.2, 0.25) is 0 Å². The molecule has 2 aliphatic rings. The molecule has 0 radical (unpaired) electrons. The summed E-state index contributed by atoms with van der Waals surface area (Å²) >= 11 is 0. The Morgan fingerprint density at radius 1 is 1.36 bits per heavy atom. The molecule has 0 aromatic rings. The van der Waals surface area contributed by atoms with Gasteiger partial charge < -0.3 is 10.4 Å². The average molecular weight is 197 g/mol. The fourth-order valence-electron chi connectivity index (χ4n) is 2.58. The van der Waals surface area contributed by atoms with E-state index in [1.165, 1.54) is 19.3 Å². The molecule has 2 rings (SSSR count). The quantitative estimate of drug-likeness (QED) is 0.724. The molecule has 0 heterocycles. The van der Waals surface area contributed by atoms with Crippen molar-refractivity contribution in [2.24, 2.45) is 11.3 Å². The standard InChI is InChI=1S/C12H23NO/c1-8(9-5-4-6-9)13-10-7-11(14)12(10,2)3/h8-11,13-14H,4-7H2,1-3H3. The van der Waals surface area contributed by atoms with Crippen LogP contribution in [-0.2, 0) is 0 Å². The highest BCUT2D eigenvalue weighted by molar-refractivity contribution is 5.03. The van der Waals surface area contributed by atoms with E-state index in [1.807, 2.05) is 0 Å². The monoisotopic (exact) mass is 197 g/mol. The van der Waals surface area contributed by atoms with Gasteiger partial charge in [-0.2, -0.15) is 0 Å². The molecule has 0 amide bonds. The fourth-order valence-corrected chi connectivity index (χ4v) is 2.58. The third-order valence-electron chi connectivity index (χ3n) is 4.54. The number of aliphatic hydroxyl groups is 1. The predicted molar refractivity (Wildman–Crippen MR) is 58.1 cm³/mol. The molecule has 2 aliphatic carbocycles. The zero-order chi connectivity index (χ0) is 10.3. The van der Waals surface area contributed by atoms with Crippen molar-refractivity contribution in [2.45, 2.75) is 64.6 Å². The topological polar surface area (TPSA) is 32.3 Å². The number of hydrogen-bond acceptors (Lipinski definition) is 2. The van der Waals surface area contributed by atoms with Crippen molar-refractivity contribution >= 4 is 0 Å². The van der Waals surface area contributed by atoms with Crippen molar-refractivity contribution in [3.63, 3.8) is 0 Å². The second-order valence-corrected chi connectivity index (χ2v) is 5.77. The van der Waals surface area contributed by atoms with Gasteiger partial charge in [-0.3, -0.25) is 0 Å². The van der Waals surface area contributed by atoms with E-state index in [0.717, 1.165) is 12.3 Å². The molecule has 0 aromatic heterocycles. The van der Waals surface area contributed by atoms with Crippen LogP contribution in [0.5, 0.6) is 0 Å². The van der Waals surface area contributed by atoms with Crippen molar-refractivity contribution in [3.05, 3.63) is 0 Å². The summed E-state index contributed by atoms with van der Waals surface area (Å²) in [7, 11) is 0. The lowest BCUT2D eigenvalue weighted by molar-refractivity contribution is -0.0785. The summed E-state index contributed by atoms with van der Waals surface area (Å²) in [6, 6.07) is 1.16. The van der Waals surface area contributed by atoms with Crippen LogP contribution in [0.25, 0.3) is 0 Å². The maximum absolute atomic E-state index is 9.63. The summed E-state index contributed by atoms with van der Waals surface area (Å²) in [5, 5.41) is 13.3. The number of hydrogen-bond donors (Lipinski definition) is 2. The molecule has 0 aromatic carbocycles. The highest BCUT2D eigenvalue weighted by atomic mass is 16.3. The summed E-state index contributed by atoms with van der Waals surface area (Å²) in [6.45, 7) is 6.61. The Labute approximate surface area is 87.1 Å². The van der Waals surface area contributed by atoms with Gasteiger partial charge in [0, 0.05) is 17.5 Å². The third kappa shape index (κ3) is 1.59. The fraction of sp³-hybridized carbons (Fsp3) is 1.00. The first kappa shape index (κ1) is 10.4. The number of rotatable bonds is 3. The maximum atomic E-state index is 9.63. The van der Waals surface area contributed by atoms with E-state index in [4.69, 9.17) is 0 Å². The van der Waals surface area contributed by atoms with Gasteiger partial charge in [-0.05, 0) is 32.1 Å². The van der Waals surface area contributed by atoms with Crippen LogP contribution in [0.15, 0.2) is 0 Å². The van der Waals surface area contributed by atoms with E-state index in [9.17, 15) is 5.11 Å². The Bertz CT molecular complexity index is 210. The Morgan fingerprint density at radius 3 is 2.36 bits per heavy atom. The Balaban J connectivity index is 1.80. The largest absolute Gasteiger partial charge is 0.392 e. The van der Waals surface area contributed by atoms with Crippen molar-refractivity contribution in [1.82, 2.24) is 5.32 Å². The highest BCUT2D eigenvalue weighted by Crippen LogP contribution is 2.41. The van der Waals surface area contributed by atoms with Crippen molar-refractivity contribution in [2.75, 3.05) is 0 Å². The Morgan fingerprint density at radius 2 is 2.00 bits per heavy atom. The molecule has 0 spiro atoms. The van der Waals surface area contributed by atoms with Crippen molar-refractivity contribution < 1.29 is 5.11 Å². The van der Waals surface area contributed by atoms with Crippen LogP contribution < -0.4 is 5.32 Å². The molecule has 14 heavy (non-hydrogen) atoms. The Hall–Kier alpha value is -0.0800. The van der Waals surface area contributed by atoms with Crippen LogP contribution in [-0.4, -0.2) is 23.3 Å². The molecule has 2 heteroatoms. The predicted octanol–water partition coefficient (Wildman–Crippen LogP) is 1.92. The molecule has 3 atom stereocenters. The Kier molecular flexibility index (Phi) is 2.61. The third-order valence-corrected chi connectivity index (χ3v) is 4.54. The molecule has 2 N–H and O–H groups in total. The average Bonchev–Trinajstić information content (AvgIpc) is 2.00. The van der Waals surface area contributed by atoms with Gasteiger partial charge in [-0.1, -0.05) is 20.3 Å². The van der Waals surface area contributed by atoms with Crippen LogP contribution >= 0.6 is 0 Å². The molecule has 0 aliphatic heterocycles. The zero-order valence-corrected chi connectivity index (χ0v) is 9.59. The van der Waals surface area contributed by atoms with Gasteiger partial charge in [0.1, 0.15) is 0 Å². The van der Waals surface area contributed by atoms with Gasteiger partial charge in [0.25, 0.3) is 0 Å². The minimum absolute atomic E-state index is 0.0814. The lowest BCUT2D eigenvalue weighted by Crippen LogP contribution is -2.62. The second kappa shape index (κ2) is 3.49. The molecular formula is C12H23NO. The smallest absolute Gasteiger partial charge is 0.0621 e. The van der Waals surface area contributed by atoms with Gasteiger partial charge in [0.15, 0.2) is 0 Å². The van der Waals surface area contributed by atoms with Gasteiger partial charge in [-0.25, -0.2) is 0 Å². The molecule has 3 unspecified atom stereocenters. The first-order valence-electron chi connectivity index (χ1n) is 5.96. The molecule has 2 nitrogen and oxygen atoms in total. The lowest BCUT2D eigenvalue weighted by atomic mass is 9.64. The van der Waals surface area contributed by atoms with Crippen LogP contribution in [0.1, 0.15) is 46.5 Å². The van der Waals surface area contributed by atoms with Gasteiger partial charge in [0.05, 0.1) is 6.10 Å². The van der Waals surface area contributed by atoms with Gasteiger partial charge in [-0.15, -0.1) is 0 Å². The summed E-state index contributed by atoms with van der Waals surface area (Å²) in [4.78, 5) is 0. The van der Waals surface area contributed by atoms with Crippen LogP contribution in [0.4, 0.5) is 0 Å². The SMILES string of the molecule is CC(NC1CC(O)C1(C)C)C1CCC1. The molecule has 0 saturated heterocycles. The van der Waals surface area contributed by atoms with E-state index < -0.39 is 0 Å². The minimum Gasteiger partial charge on any atom is -0.392 e. The summed E-state index contributed by atoms with van der Waals surface area (Å²) in [5.41, 5.74) is 0.0814. The van der Waals surface area contributed by atoms with Gasteiger partial charge >= 0.3 is 0 Å². The maximum Gasteiger partial charge on any atom is 0.0621 e. The van der Waals surface area contributed by atoms with Crippen LogP contribution in [0.3, 0.4) is 0 Å². The first-order chi connectivity index (χ1) is 6.51. The van der Waals surface area contributed by atoms with E-state index in [1.54, 1.807) is 0 Å². The van der Waals surface area contributed by atoms with Crippen LogP contribution in [0, 0.1) is 11.3 Å². The summed E-state index contributed by atoms with van der Waals surface area (Å²) < 4.78 is 0. The zero-order valence-electron chi connectivity index (χ0n) is 9.59. The van der Waals surface area contributed by atoms with E-state index >= 15 is 0 Å². The minimum atomic E-state index is -0.103. The first-order valence-corrected chi connectivity index (χ1v) is 5.96. The normalized spacial score (nSPS) is 38.6. The number of nitrogens with one attached hydrogen (secondary N) is 1. The van der Waals surface area contributed by atoms with Crippen molar-refractivity contribution in [3.8, 4) is 0 Å². The molecule has 0 bridgehead atoms. The van der Waals surface area contributed by atoms with Crippen LogP contribution in [0.2, 0.25) is 0 Å². The van der Waals surface area contributed by atoms with E-state index in [0.29, 0.717) is 12.1 Å². The number of aliphatic hydroxyl groups excluding tert-OH is 1. The highest BCUT2D eigenvalue weighted by Gasteiger charge is 2.47. The van der Waals surface area contributed by atoms with E-state index in [-0.39, 0.29) is 11.5 Å². The molecule has 82 valence electrons. The molecule has 2 saturated carbocycles. The van der Waals surface area contributed by atoms with E-state index in [2.05, 4.69) is 26.1 Å². The second-order valence-electron chi connectivity index (χ2n) is 5.77. The molecular weight excluding hydrogens is 174 g/mol. The summed E-state index contributed by atoms with van der Waals surface area (Å²) in [6.07, 6.45) is 5.03.